The summed E-state index contributed by atoms with van der Waals surface area (Å²) in [6.07, 6.45) is 3.01. The quantitative estimate of drug-likeness (QED) is 0.359. The molecule has 7 heteroatoms. The van der Waals surface area contributed by atoms with E-state index in [9.17, 15) is 4.79 Å². The first kappa shape index (κ1) is 21.5. The Bertz CT molecular complexity index is 1040. The van der Waals surface area contributed by atoms with E-state index in [0.717, 1.165) is 28.1 Å². The van der Waals surface area contributed by atoms with E-state index in [1.54, 1.807) is 31.4 Å². The molecule has 0 bridgehead atoms. The normalized spacial score (nSPS) is 10.9. The summed E-state index contributed by atoms with van der Waals surface area (Å²) in [5.74, 6) is 1.39. The van der Waals surface area contributed by atoms with Crippen molar-refractivity contribution in [1.82, 2.24) is 5.16 Å². The number of nitrogens with zero attached hydrogens (tertiary/aromatic N) is 1. The summed E-state index contributed by atoms with van der Waals surface area (Å²) >= 11 is 6.06. The summed E-state index contributed by atoms with van der Waals surface area (Å²) in [4.78, 5) is 12.0. The molecule has 0 amide bonds. The molecular weight excluding hydrogens is 406 g/mol. The van der Waals surface area contributed by atoms with Crippen molar-refractivity contribution in [2.24, 2.45) is 0 Å². The Morgan fingerprint density at radius 3 is 2.63 bits per heavy atom. The SMILES string of the molecule is COc1cc(/C=C/C(=O)OCc2ccccc2Cl)ccc1OCc1c(C)noc1C. The molecule has 0 aliphatic carbocycles. The maximum Gasteiger partial charge on any atom is 0.331 e. The molecule has 3 aromatic rings. The van der Waals surface area contributed by atoms with Crippen LogP contribution in [0, 0.1) is 13.8 Å². The molecule has 0 aliphatic heterocycles. The molecule has 0 radical (unpaired) electrons. The van der Waals surface area contributed by atoms with Crippen molar-refractivity contribution in [3.8, 4) is 11.5 Å². The summed E-state index contributed by atoms with van der Waals surface area (Å²) in [7, 11) is 1.56. The van der Waals surface area contributed by atoms with Crippen LogP contribution in [-0.2, 0) is 22.7 Å². The molecule has 0 saturated heterocycles. The highest BCUT2D eigenvalue weighted by Crippen LogP contribution is 2.30. The third kappa shape index (κ3) is 5.42. The Morgan fingerprint density at radius 1 is 1.13 bits per heavy atom. The number of esters is 1. The van der Waals surface area contributed by atoms with Gasteiger partial charge in [0.15, 0.2) is 11.5 Å². The summed E-state index contributed by atoms with van der Waals surface area (Å²) in [5.41, 5.74) is 3.22. The number of aryl methyl sites for hydroxylation is 2. The highest BCUT2D eigenvalue weighted by molar-refractivity contribution is 6.31. The van der Waals surface area contributed by atoms with Crippen molar-refractivity contribution in [3.05, 3.63) is 81.7 Å². The molecule has 156 valence electrons. The standard InChI is InChI=1S/C23H22ClNO5/c1-15-19(16(2)30-25-15)14-28-21-10-8-17(12-22(21)27-3)9-11-23(26)29-13-18-6-4-5-7-20(18)24/h4-12H,13-14H2,1-3H3/b11-9+. The first-order chi connectivity index (χ1) is 14.5. The predicted octanol–water partition coefficient (Wildman–Crippen LogP) is 5.29. The van der Waals surface area contributed by atoms with E-state index in [0.29, 0.717) is 23.1 Å². The van der Waals surface area contributed by atoms with Gasteiger partial charge in [-0.3, -0.25) is 0 Å². The molecule has 0 saturated carbocycles. The van der Waals surface area contributed by atoms with Crippen LogP contribution in [0.1, 0.15) is 28.1 Å². The number of ether oxygens (including phenoxy) is 3. The Hall–Kier alpha value is -3.25. The molecular formula is C23H22ClNO5. The molecule has 0 spiro atoms. The number of rotatable bonds is 8. The molecule has 30 heavy (non-hydrogen) atoms. The van der Waals surface area contributed by atoms with E-state index >= 15 is 0 Å². The van der Waals surface area contributed by atoms with Crippen molar-refractivity contribution in [2.75, 3.05) is 7.11 Å². The lowest BCUT2D eigenvalue weighted by Gasteiger charge is -2.11. The van der Waals surface area contributed by atoms with Gasteiger partial charge in [0.1, 0.15) is 19.0 Å². The number of carbonyl (C=O) groups is 1. The van der Waals surface area contributed by atoms with Gasteiger partial charge in [0, 0.05) is 16.7 Å². The van der Waals surface area contributed by atoms with Gasteiger partial charge in [-0.2, -0.15) is 0 Å². The number of hydrogen-bond acceptors (Lipinski definition) is 6. The second-order valence-corrected chi connectivity index (χ2v) is 6.94. The maximum absolute atomic E-state index is 12.0. The number of aromatic nitrogens is 1. The van der Waals surface area contributed by atoms with Gasteiger partial charge in [-0.1, -0.05) is 41.0 Å². The summed E-state index contributed by atoms with van der Waals surface area (Å²) < 4.78 is 21.7. The van der Waals surface area contributed by atoms with Crippen LogP contribution in [0.15, 0.2) is 53.1 Å². The number of carbonyl (C=O) groups excluding carboxylic acids is 1. The smallest absolute Gasteiger partial charge is 0.331 e. The van der Waals surface area contributed by atoms with Gasteiger partial charge in [-0.15, -0.1) is 0 Å². The van der Waals surface area contributed by atoms with Gasteiger partial charge in [-0.25, -0.2) is 4.79 Å². The van der Waals surface area contributed by atoms with Crippen molar-refractivity contribution in [3.63, 3.8) is 0 Å². The lowest BCUT2D eigenvalue weighted by molar-refractivity contribution is -0.138. The largest absolute Gasteiger partial charge is 0.493 e. The highest BCUT2D eigenvalue weighted by Gasteiger charge is 2.12. The molecule has 0 aliphatic rings. The van der Waals surface area contributed by atoms with Crippen LogP contribution in [0.3, 0.4) is 0 Å². The van der Waals surface area contributed by atoms with Gasteiger partial charge >= 0.3 is 5.97 Å². The van der Waals surface area contributed by atoms with Gasteiger partial charge in [0.25, 0.3) is 0 Å². The molecule has 0 atom stereocenters. The Kier molecular flexibility index (Phi) is 7.14. The molecule has 0 fully saturated rings. The van der Waals surface area contributed by atoms with E-state index in [1.165, 1.54) is 6.08 Å². The molecule has 1 aromatic heterocycles. The van der Waals surface area contributed by atoms with Crippen molar-refractivity contribution >= 4 is 23.6 Å². The van der Waals surface area contributed by atoms with Gasteiger partial charge in [0.05, 0.1) is 18.4 Å². The zero-order valence-electron chi connectivity index (χ0n) is 17.0. The lowest BCUT2D eigenvalue weighted by Crippen LogP contribution is -2.01. The molecule has 3 rings (SSSR count). The van der Waals surface area contributed by atoms with Gasteiger partial charge in [0.2, 0.25) is 0 Å². The number of halogens is 1. The van der Waals surface area contributed by atoms with Crippen molar-refractivity contribution in [1.29, 1.82) is 0 Å². The first-order valence-electron chi connectivity index (χ1n) is 9.28. The van der Waals surface area contributed by atoms with Crippen LogP contribution < -0.4 is 9.47 Å². The van der Waals surface area contributed by atoms with Crippen molar-refractivity contribution < 1.29 is 23.5 Å². The van der Waals surface area contributed by atoms with Crippen LogP contribution in [0.4, 0.5) is 0 Å². The third-order valence-electron chi connectivity index (χ3n) is 4.48. The van der Waals surface area contributed by atoms with Crippen LogP contribution in [0.25, 0.3) is 6.08 Å². The lowest BCUT2D eigenvalue weighted by atomic mass is 10.2. The van der Waals surface area contributed by atoms with E-state index in [4.69, 9.17) is 30.3 Å². The van der Waals surface area contributed by atoms with Crippen LogP contribution in [-0.4, -0.2) is 18.2 Å². The van der Waals surface area contributed by atoms with Gasteiger partial charge in [-0.05, 0) is 43.7 Å². The fourth-order valence-corrected chi connectivity index (χ4v) is 2.93. The minimum Gasteiger partial charge on any atom is -0.493 e. The van der Waals surface area contributed by atoms with E-state index in [-0.39, 0.29) is 6.61 Å². The Balaban J connectivity index is 1.61. The number of hydrogen-bond donors (Lipinski definition) is 0. The molecule has 2 aromatic carbocycles. The maximum atomic E-state index is 12.0. The zero-order valence-corrected chi connectivity index (χ0v) is 17.7. The monoisotopic (exact) mass is 427 g/mol. The zero-order chi connectivity index (χ0) is 21.5. The average Bonchev–Trinajstić information content (AvgIpc) is 3.07. The Morgan fingerprint density at radius 2 is 1.93 bits per heavy atom. The highest BCUT2D eigenvalue weighted by atomic mass is 35.5. The molecule has 1 heterocycles. The fraction of sp³-hybridized carbons (Fsp3) is 0.217. The minimum absolute atomic E-state index is 0.112. The topological polar surface area (TPSA) is 70.8 Å². The third-order valence-corrected chi connectivity index (χ3v) is 4.85. The summed E-state index contributed by atoms with van der Waals surface area (Å²) in [6, 6.07) is 12.6. The second kappa shape index (κ2) is 9.98. The summed E-state index contributed by atoms with van der Waals surface area (Å²) in [5, 5.41) is 4.48. The first-order valence-corrected chi connectivity index (χ1v) is 9.66. The van der Waals surface area contributed by atoms with Crippen LogP contribution >= 0.6 is 11.6 Å². The van der Waals surface area contributed by atoms with Crippen LogP contribution in [0.5, 0.6) is 11.5 Å². The predicted molar refractivity (Wildman–Crippen MR) is 114 cm³/mol. The molecule has 0 N–H and O–H groups in total. The minimum atomic E-state index is -0.465. The number of benzene rings is 2. The van der Waals surface area contributed by atoms with E-state index in [1.807, 2.05) is 38.1 Å². The Labute approximate surface area is 180 Å². The van der Waals surface area contributed by atoms with Crippen molar-refractivity contribution in [2.45, 2.75) is 27.1 Å². The molecule has 0 unspecified atom stereocenters. The molecule has 6 nitrogen and oxygen atoms in total. The average molecular weight is 428 g/mol. The summed E-state index contributed by atoms with van der Waals surface area (Å²) in [6.45, 7) is 4.14. The fourth-order valence-electron chi connectivity index (χ4n) is 2.74. The second-order valence-electron chi connectivity index (χ2n) is 6.53. The van der Waals surface area contributed by atoms with E-state index < -0.39 is 5.97 Å². The van der Waals surface area contributed by atoms with Gasteiger partial charge < -0.3 is 18.7 Å². The van der Waals surface area contributed by atoms with E-state index in [2.05, 4.69) is 5.16 Å². The van der Waals surface area contributed by atoms with Crippen LogP contribution in [0.2, 0.25) is 5.02 Å². The number of methoxy groups -OCH3 is 1.